The van der Waals surface area contributed by atoms with Crippen molar-refractivity contribution in [2.24, 2.45) is 11.8 Å². The van der Waals surface area contributed by atoms with Crippen LogP contribution in [-0.4, -0.2) is 96.3 Å². The molecule has 2 fully saturated rings. The standard InChI is InChI=1S/C30H40N4O5/c1-5-32(6-2)21-11-13-22(14-12-21)33-19-10-16-30-24(23-26(36)31(4)17-9-15-29(23,3)39-30)27(37)34(18-7-8-20-35)25(30)28(33)38/h9-16,23-25,35H,5-8,17-20H2,1-4H3/t23-,24+,25?,29+,30+/m1/s1. The average molecular weight is 537 g/mol. The molecule has 2 saturated heterocycles. The third kappa shape index (κ3) is 4.26. The van der Waals surface area contributed by atoms with Gasteiger partial charge in [0.15, 0.2) is 0 Å². The summed E-state index contributed by atoms with van der Waals surface area (Å²) < 4.78 is 6.80. The van der Waals surface area contributed by atoms with Gasteiger partial charge >= 0.3 is 0 Å². The average Bonchev–Trinajstić information content (AvgIpc) is 3.19. The number of rotatable bonds is 8. The van der Waals surface area contributed by atoms with Crippen molar-refractivity contribution in [1.82, 2.24) is 9.80 Å². The maximum absolute atomic E-state index is 14.4. The zero-order valence-electron chi connectivity index (χ0n) is 23.4. The Morgan fingerprint density at radius 1 is 0.949 bits per heavy atom. The van der Waals surface area contributed by atoms with Gasteiger partial charge in [0, 0.05) is 57.8 Å². The van der Waals surface area contributed by atoms with E-state index in [1.165, 1.54) is 0 Å². The number of hydrogen-bond acceptors (Lipinski definition) is 6. The maximum atomic E-state index is 14.4. The van der Waals surface area contributed by atoms with E-state index < -0.39 is 29.1 Å². The summed E-state index contributed by atoms with van der Waals surface area (Å²) in [6.45, 7) is 8.94. The molecule has 4 heterocycles. The van der Waals surface area contributed by atoms with Crippen molar-refractivity contribution in [3.63, 3.8) is 0 Å². The van der Waals surface area contributed by atoms with Gasteiger partial charge in [-0.05, 0) is 57.9 Å². The first-order valence-electron chi connectivity index (χ1n) is 14.1. The van der Waals surface area contributed by atoms with Crippen LogP contribution in [0.25, 0.3) is 0 Å². The molecular weight excluding hydrogens is 496 g/mol. The molecule has 9 heteroatoms. The number of fused-ring (bicyclic) bond motifs is 2. The van der Waals surface area contributed by atoms with E-state index in [9.17, 15) is 19.5 Å². The summed E-state index contributed by atoms with van der Waals surface area (Å²) in [7, 11) is 1.73. The number of amides is 3. The fraction of sp³-hybridized carbons (Fsp3) is 0.567. The summed E-state index contributed by atoms with van der Waals surface area (Å²) in [4.78, 5) is 49.4. The zero-order valence-corrected chi connectivity index (χ0v) is 23.4. The van der Waals surface area contributed by atoms with Crippen molar-refractivity contribution in [2.45, 2.75) is 50.9 Å². The number of likely N-dealkylation sites (tertiary alicyclic amines) is 1. The first kappa shape index (κ1) is 27.4. The van der Waals surface area contributed by atoms with Gasteiger partial charge in [0.25, 0.3) is 5.91 Å². The summed E-state index contributed by atoms with van der Waals surface area (Å²) in [6, 6.07) is 7.02. The highest BCUT2D eigenvalue weighted by molar-refractivity contribution is 6.06. The van der Waals surface area contributed by atoms with E-state index in [0.29, 0.717) is 32.5 Å². The van der Waals surface area contributed by atoms with E-state index in [1.807, 2.05) is 55.5 Å². The summed E-state index contributed by atoms with van der Waals surface area (Å²) in [5, 5.41) is 9.39. The molecule has 0 radical (unpaired) electrons. The summed E-state index contributed by atoms with van der Waals surface area (Å²) in [6.07, 6.45) is 8.63. The number of nitrogens with zero attached hydrogens (tertiary/aromatic N) is 4. The first-order valence-corrected chi connectivity index (χ1v) is 14.1. The van der Waals surface area contributed by atoms with Crippen molar-refractivity contribution < 1.29 is 24.2 Å². The molecule has 1 N–H and O–H groups in total. The molecule has 0 aromatic heterocycles. The number of ether oxygens (including phenoxy) is 1. The second-order valence-electron chi connectivity index (χ2n) is 11.1. The van der Waals surface area contributed by atoms with Crippen molar-refractivity contribution in [1.29, 1.82) is 0 Å². The molecule has 1 aromatic carbocycles. The monoisotopic (exact) mass is 536 g/mol. The molecular formula is C30H40N4O5. The van der Waals surface area contributed by atoms with E-state index >= 15 is 0 Å². The van der Waals surface area contributed by atoms with Gasteiger partial charge in [-0.15, -0.1) is 0 Å². The van der Waals surface area contributed by atoms with Crippen molar-refractivity contribution in [2.75, 3.05) is 56.2 Å². The quantitative estimate of drug-likeness (QED) is 0.405. The van der Waals surface area contributed by atoms with Gasteiger partial charge in [-0.2, -0.15) is 0 Å². The normalized spacial score (nSPS) is 31.8. The van der Waals surface area contributed by atoms with Crippen LogP contribution < -0.4 is 9.80 Å². The molecule has 39 heavy (non-hydrogen) atoms. The second kappa shape index (κ2) is 10.4. The Kier molecular flexibility index (Phi) is 7.33. The Balaban J connectivity index is 1.56. The van der Waals surface area contributed by atoms with Gasteiger partial charge in [0.2, 0.25) is 11.8 Å². The van der Waals surface area contributed by atoms with Crippen LogP contribution in [0, 0.1) is 11.8 Å². The summed E-state index contributed by atoms with van der Waals surface area (Å²) in [5.41, 5.74) is -0.441. The number of aliphatic hydroxyl groups excluding tert-OH is 1. The molecule has 0 saturated carbocycles. The van der Waals surface area contributed by atoms with Crippen molar-refractivity contribution in [3.8, 4) is 0 Å². The van der Waals surface area contributed by atoms with Crippen molar-refractivity contribution in [3.05, 3.63) is 48.6 Å². The van der Waals surface area contributed by atoms with Gasteiger partial charge in [-0.3, -0.25) is 14.4 Å². The molecule has 9 nitrogen and oxygen atoms in total. The third-order valence-corrected chi connectivity index (χ3v) is 8.86. The molecule has 0 bridgehead atoms. The molecule has 5 atom stereocenters. The molecule has 1 spiro atoms. The largest absolute Gasteiger partial charge is 0.396 e. The third-order valence-electron chi connectivity index (χ3n) is 8.86. The predicted octanol–water partition coefficient (Wildman–Crippen LogP) is 2.21. The van der Waals surface area contributed by atoms with Crippen LogP contribution in [0.4, 0.5) is 11.4 Å². The number of benzene rings is 1. The van der Waals surface area contributed by atoms with E-state index in [4.69, 9.17) is 4.74 Å². The molecule has 3 amide bonds. The van der Waals surface area contributed by atoms with Crippen LogP contribution in [0.2, 0.25) is 0 Å². The second-order valence-corrected chi connectivity index (χ2v) is 11.1. The fourth-order valence-electron chi connectivity index (χ4n) is 6.94. The highest BCUT2D eigenvalue weighted by atomic mass is 16.5. The Morgan fingerprint density at radius 2 is 1.64 bits per heavy atom. The number of anilines is 2. The van der Waals surface area contributed by atoms with Gasteiger partial charge in [0.1, 0.15) is 11.6 Å². The van der Waals surface area contributed by atoms with Crippen LogP contribution >= 0.6 is 0 Å². The fourth-order valence-corrected chi connectivity index (χ4v) is 6.94. The SMILES string of the molecule is CCN(CC)c1ccc(N2CC=C[C@]34O[C@@]5(C)C=CCN(C)C(=O)[C@H]5[C@H]3C(=O)N(CCCCO)C4C2=O)cc1. The highest BCUT2D eigenvalue weighted by Crippen LogP contribution is 2.57. The minimum atomic E-state index is -1.26. The summed E-state index contributed by atoms with van der Waals surface area (Å²) in [5.74, 6) is -2.16. The number of likely N-dealkylation sites (N-methyl/N-ethyl adjacent to an activating group) is 1. The Morgan fingerprint density at radius 3 is 2.31 bits per heavy atom. The number of carbonyl (C=O) groups is 3. The molecule has 1 unspecified atom stereocenters. The lowest BCUT2D eigenvalue weighted by molar-refractivity contribution is -0.148. The molecule has 5 rings (SSSR count). The topological polar surface area (TPSA) is 93.6 Å². The Hall–Kier alpha value is -3.17. The first-order chi connectivity index (χ1) is 18.7. The lowest BCUT2D eigenvalue weighted by atomic mass is 9.74. The van der Waals surface area contributed by atoms with E-state index in [1.54, 1.807) is 21.7 Å². The van der Waals surface area contributed by atoms with Crippen LogP contribution in [0.3, 0.4) is 0 Å². The van der Waals surface area contributed by atoms with E-state index in [2.05, 4.69) is 18.7 Å². The lowest BCUT2D eigenvalue weighted by Crippen LogP contribution is -2.56. The highest BCUT2D eigenvalue weighted by Gasteiger charge is 2.74. The molecule has 4 aliphatic heterocycles. The molecule has 0 aliphatic carbocycles. The number of unbranched alkanes of at least 4 members (excludes halogenated alkanes) is 1. The van der Waals surface area contributed by atoms with E-state index in [-0.39, 0.29) is 24.3 Å². The van der Waals surface area contributed by atoms with Gasteiger partial charge < -0.3 is 29.4 Å². The minimum absolute atomic E-state index is 0.00536. The minimum Gasteiger partial charge on any atom is -0.396 e. The molecule has 210 valence electrons. The van der Waals surface area contributed by atoms with Crippen LogP contribution in [0.5, 0.6) is 0 Å². The summed E-state index contributed by atoms with van der Waals surface area (Å²) >= 11 is 0. The lowest BCUT2D eigenvalue weighted by Gasteiger charge is -2.37. The number of carbonyl (C=O) groups excluding carboxylic acids is 3. The smallest absolute Gasteiger partial charge is 0.253 e. The van der Waals surface area contributed by atoms with Crippen LogP contribution in [0.1, 0.15) is 33.6 Å². The number of hydrogen-bond donors (Lipinski definition) is 1. The van der Waals surface area contributed by atoms with Crippen molar-refractivity contribution >= 4 is 29.1 Å². The van der Waals surface area contributed by atoms with Crippen LogP contribution in [-0.2, 0) is 19.1 Å². The van der Waals surface area contributed by atoms with Gasteiger partial charge in [-0.25, -0.2) is 0 Å². The molecule has 4 aliphatic rings. The number of aliphatic hydroxyl groups is 1. The van der Waals surface area contributed by atoms with Gasteiger partial charge in [0.05, 0.1) is 17.4 Å². The van der Waals surface area contributed by atoms with E-state index in [0.717, 1.165) is 24.5 Å². The predicted molar refractivity (Wildman–Crippen MR) is 149 cm³/mol. The molecule has 1 aromatic rings. The zero-order chi connectivity index (χ0) is 27.9. The Bertz CT molecular complexity index is 1180. The van der Waals surface area contributed by atoms with Crippen LogP contribution in [0.15, 0.2) is 48.6 Å². The van der Waals surface area contributed by atoms with Gasteiger partial charge in [-0.1, -0.05) is 24.3 Å². The maximum Gasteiger partial charge on any atom is 0.253 e. The Labute approximate surface area is 230 Å².